The van der Waals surface area contributed by atoms with Crippen molar-refractivity contribution in [2.45, 2.75) is 84.0 Å². The molecule has 1 aliphatic rings. The highest BCUT2D eigenvalue weighted by Gasteiger charge is 2.38. The Morgan fingerprint density at radius 1 is 1.13 bits per heavy atom. The van der Waals surface area contributed by atoms with Crippen molar-refractivity contribution in [3.63, 3.8) is 0 Å². The quantitative estimate of drug-likeness (QED) is 0.149. The van der Waals surface area contributed by atoms with Gasteiger partial charge in [-0.1, -0.05) is 26.8 Å². The number of benzene rings is 1. The zero-order valence-electron chi connectivity index (χ0n) is 27.9. The summed E-state index contributed by atoms with van der Waals surface area (Å²) < 4.78 is 22.9. The SMILES string of the molecule is COC(=O)c1c2cc(-c3nn(C4CCCCO4)c4ncc(-c5cnn(C)c5O)cc34)ccc2nn1C[C@H](C)O[Si](C)(C)C(C)(C)C. The number of methoxy groups -OCH3 is 1. The van der Waals surface area contributed by atoms with E-state index >= 15 is 0 Å². The number of carbonyl (C=O) groups excluding carboxylic acids is 1. The molecule has 0 spiro atoms. The Bertz CT molecular complexity index is 1910. The van der Waals surface area contributed by atoms with Crippen LogP contribution in [0.1, 0.15) is 63.7 Å². The van der Waals surface area contributed by atoms with E-state index in [-0.39, 0.29) is 23.3 Å². The average Bonchev–Trinajstić information content (AvgIpc) is 3.68. The monoisotopic (exact) mass is 645 g/mol. The fourth-order valence-corrected chi connectivity index (χ4v) is 7.25. The lowest BCUT2D eigenvalue weighted by molar-refractivity contribution is -0.0368. The molecule has 0 bridgehead atoms. The second kappa shape index (κ2) is 11.9. The lowest BCUT2D eigenvalue weighted by atomic mass is 10.0. The third-order valence-corrected chi connectivity index (χ3v) is 13.9. The lowest BCUT2D eigenvalue weighted by Gasteiger charge is -2.38. The molecule has 1 fully saturated rings. The van der Waals surface area contributed by atoms with Crippen molar-refractivity contribution in [3.05, 3.63) is 42.4 Å². The third kappa shape index (κ3) is 5.71. The van der Waals surface area contributed by atoms with Gasteiger partial charge in [0.2, 0.25) is 5.88 Å². The number of ether oxygens (including phenoxy) is 2. The number of nitrogens with zero attached hydrogens (tertiary/aromatic N) is 7. The Morgan fingerprint density at radius 3 is 2.54 bits per heavy atom. The van der Waals surface area contributed by atoms with Crippen molar-refractivity contribution in [1.29, 1.82) is 0 Å². The number of hydrogen-bond donors (Lipinski definition) is 1. The number of aromatic nitrogens is 7. The van der Waals surface area contributed by atoms with Crippen LogP contribution in [0.5, 0.6) is 5.88 Å². The molecule has 244 valence electrons. The number of aryl methyl sites for hydroxylation is 1. The number of esters is 1. The Morgan fingerprint density at radius 2 is 1.89 bits per heavy atom. The largest absolute Gasteiger partial charge is 0.493 e. The van der Waals surface area contributed by atoms with Crippen LogP contribution in [0, 0.1) is 0 Å². The Balaban J connectivity index is 1.47. The molecule has 6 rings (SSSR count). The molecule has 5 heterocycles. The molecular formula is C33H43N7O5Si. The van der Waals surface area contributed by atoms with Crippen molar-refractivity contribution in [2.75, 3.05) is 13.7 Å². The van der Waals surface area contributed by atoms with E-state index in [1.807, 2.05) is 35.9 Å². The summed E-state index contributed by atoms with van der Waals surface area (Å²) in [7, 11) is 1.02. The lowest BCUT2D eigenvalue weighted by Crippen LogP contribution is -2.44. The maximum atomic E-state index is 13.2. The van der Waals surface area contributed by atoms with E-state index in [0.717, 1.165) is 30.2 Å². The first kappa shape index (κ1) is 31.9. The van der Waals surface area contributed by atoms with E-state index in [0.29, 0.717) is 52.2 Å². The van der Waals surface area contributed by atoms with E-state index in [4.69, 9.17) is 29.1 Å². The predicted octanol–water partition coefficient (Wildman–Crippen LogP) is 6.45. The highest BCUT2D eigenvalue weighted by Crippen LogP contribution is 2.39. The van der Waals surface area contributed by atoms with Crippen molar-refractivity contribution in [1.82, 2.24) is 34.3 Å². The van der Waals surface area contributed by atoms with Crippen LogP contribution in [-0.2, 0) is 27.5 Å². The molecule has 0 amide bonds. The molecule has 1 N–H and O–H groups in total. The zero-order chi connectivity index (χ0) is 33.0. The van der Waals surface area contributed by atoms with E-state index in [1.165, 1.54) is 11.8 Å². The first-order chi connectivity index (χ1) is 21.8. The molecule has 2 atom stereocenters. The fourth-order valence-electron chi connectivity index (χ4n) is 5.82. The van der Waals surface area contributed by atoms with E-state index in [1.54, 1.807) is 24.1 Å². The van der Waals surface area contributed by atoms with E-state index < -0.39 is 14.3 Å². The van der Waals surface area contributed by atoms with Crippen molar-refractivity contribution < 1.29 is 23.8 Å². The van der Waals surface area contributed by atoms with Crippen molar-refractivity contribution in [3.8, 4) is 28.3 Å². The van der Waals surface area contributed by atoms with Crippen LogP contribution in [0.2, 0.25) is 18.1 Å². The Labute approximate surface area is 269 Å². The van der Waals surface area contributed by atoms with Gasteiger partial charge in [0.1, 0.15) is 5.69 Å². The molecular weight excluding hydrogens is 602 g/mol. The molecule has 1 saturated heterocycles. The van der Waals surface area contributed by atoms with Crippen LogP contribution < -0.4 is 0 Å². The highest BCUT2D eigenvalue weighted by atomic mass is 28.4. The van der Waals surface area contributed by atoms with Gasteiger partial charge in [0, 0.05) is 41.8 Å². The highest BCUT2D eigenvalue weighted by molar-refractivity contribution is 6.74. The third-order valence-electron chi connectivity index (χ3n) is 9.32. The van der Waals surface area contributed by atoms with Gasteiger partial charge in [-0.3, -0.25) is 4.68 Å². The minimum absolute atomic E-state index is 0.0500. The normalized spacial score (nSPS) is 16.7. The fraction of sp³-hybridized carbons (Fsp3) is 0.485. The number of hydrogen-bond acceptors (Lipinski definition) is 9. The number of rotatable bonds is 8. The molecule has 46 heavy (non-hydrogen) atoms. The summed E-state index contributed by atoms with van der Waals surface area (Å²) >= 11 is 0. The van der Waals surface area contributed by atoms with E-state index in [9.17, 15) is 9.90 Å². The Kier molecular flexibility index (Phi) is 8.28. The van der Waals surface area contributed by atoms with Gasteiger partial charge in [-0.25, -0.2) is 19.1 Å². The van der Waals surface area contributed by atoms with Gasteiger partial charge in [-0.2, -0.15) is 15.3 Å². The number of pyridine rings is 1. The molecule has 1 aliphatic heterocycles. The minimum atomic E-state index is -2.04. The standard InChI is InChI=1S/C33H43N7O5Si/c1-20(45-46(7,8)33(2,3)4)19-39-29(32(42)43-6)23-15-21(12-13-26(23)36-39)28-24-16-22(25-18-35-38(5)31(25)41)17-34-30(24)40(37-28)27-11-9-10-14-44-27/h12-13,15-18,20,27,41H,9-11,14,19H2,1-8H3/t20-,27?/m0/s1. The molecule has 1 aromatic carbocycles. The summed E-state index contributed by atoms with van der Waals surface area (Å²) in [5.74, 6) is -0.421. The van der Waals surface area contributed by atoms with E-state index in [2.05, 4.69) is 39.0 Å². The van der Waals surface area contributed by atoms with Gasteiger partial charge >= 0.3 is 5.97 Å². The maximum Gasteiger partial charge on any atom is 0.356 e. The van der Waals surface area contributed by atoms with Gasteiger partial charge < -0.3 is 19.0 Å². The second-order valence-electron chi connectivity index (χ2n) is 13.7. The first-order valence-electron chi connectivity index (χ1n) is 15.8. The summed E-state index contributed by atoms with van der Waals surface area (Å²) in [6.07, 6.45) is 5.81. The van der Waals surface area contributed by atoms with Crippen molar-refractivity contribution >= 4 is 36.2 Å². The number of carbonyl (C=O) groups is 1. The van der Waals surface area contributed by atoms with Crippen molar-refractivity contribution in [2.24, 2.45) is 7.05 Å². The van der Waals surface area contributed by atoms with Gasteiger partial charge in [0.15, 0.2) is 25.9 Å². The summed E-state index contributed by atoms with van der Waals surface area (Å²) in [5, 5.41) is 26.2. The van der Waals surface area contributed by atoms with Gasteiger partial charge in [-0.15, -0.1) is 0 Å². The van der Waals surface area contributed by atoms with Crippen LogP contribution in [-0.4, -0.2) is 73.5 Å². The molecule has 13 heteroatoms. The average molecular weight is 646 g/mol. The maximum absolute atomic E-state index is 13.2. The molecule has 5 aromatic rings. The molecule has 0 radical (unpaired) electrons. The molecule has 0 saturated carbocycles. The van der Waals surface area contributed by atoms with Crippen LogP contribution in [0.4, 0.5) is 0 Å². The first-order valence-corrected chi connectivity index (χ1v) is 18.7. The van der Waals surface area contributed by atoms with Crippen LogP contribution in [0.25, 0.3) is 44.3 Å². The summed E-state index contributed by atoms with van der Waals surface area (Å²) in [4.78, 5) is 18.1. The van der Waals surface area contributed by atoms with Crippen LogP contribution in [0.15, 0.2) is 36.7 Å². The zero-order valence-corrected chi connectivity index (χ0v) is 28.9. The van der Waals surface area contributed by atoms with Gasteiger partial charge in [0.25, 0.3) is 0 Å². The molecule has 12 nitrogen and oxygen atoms in total. The molecule has 0 aliphatic carbocycles. The molecule has 4 aromatic heterocycles. The Hall–Kier alpha value is -4.07. The molecule has 1 unspecified atom stereocenters. The van der Waals surface area contributed by atoms with Crippen LogP contribution >= 0.6 is 0 Å². The van der Waals surface area contributed by atoms with Gasteiger partial charge in [-0.05, 0) is 62.5 Å². The smallest absolute Gasteiger partial charge is 0.356 e. The summed E-state index contributed by atoms with van der Waals surface area (Å²) in [5.41, 5.74) is 4.46. The summed E-state index contributed by atoms with van der Waals surface area (Å²) in [6.45, 7) is 14.1. The van der Waals surface area contributed by atoms with Gasteiger partial charge in [0.05, 0.1) is 37.0 Å². The minimum Gasteiger partial charge on any atom is -0.493 e. The topological polar surface area (TPSA) is 131 Å². The van der Waals surface area contributed by atoms with Crippen LogP contribution in [0.3, 0.4) is 0 Å². The summed E-state index contributed by atoms with van der Waals surface area (Å²) in [6, 6.07) is 7.76. The predicted molar refractivity (Wildman–Crippen MR) is 178 cm³/mol. The second-order valence-corrected chi connectivity index (χ2v) is 18.4. The number of fused-ring (bicyclic) bond motifs is 2. The number of aromatic hydroxyl groups is 1.